The van der Waals surface area contributed by atoms with Crippen LogP contribution in [0.2, 0.25) is 0 Å². The third kappa shape index (κ3) is 3.24. The van der Waals surface area contributed by atoms with Crippen molar-refractivity contribution in [2.75, 3.05) is 0 Å². The first-order valence-electron chi connectivity index (χ1n) is 6.96. The molecule has 6 nitrogen and oxygen atoms in total. The summed E-state index contributed by atoms with van der Waals surface area (Å²) in [5.41, 5.74) is 3.20. The van der Waals surface area contributed by atoms with E-state index in [1.165, 1.54) is 29.5 Å². The van der Waals surface area contributed by atoms with E-state index >= 15 is 0 Å². The number of nitrogens with zero attached hydrogens (tertiary/aromatic N) is 3. The smallest absolute Gasteiger partial charge is 0.401 e. The van der Waals surface area contributed by atoms with E-state index in [0.29, 0.717) is 10.6 Å². The van der Waals surface area contributed by atoms with Gasteiger partial charge in [-0.05, 0) is 13.0 Å². The number of thiazole rings is 1. The lowest BCUT2D eigenvalue weighted by Gasteiger charge is -1.97. The van der Waals surface area contributed by atoms with E-state index in [1.54, 1.807) is 0 Å². The number of nitriles is 1. The number of hydrogen-bond donors (Lipinski definition) is 0. The third-order valence-electron chi connectivity index (χ3n) is 3.28. The van der Waals surface area contributed by atoms with Crippen LogP contribution in [0.5, 0.6) is 0 Å². The fourth-order valence-corrected chi connectivity index (χ4v) is 2.85. The van der Waals surface area contributed by atoms with Crippen LogP contribution in [0.15, 0.2) is 46.2 Å². The molecule has 3 rings (SSSR count). The van der Waals surface area contributed by atoms with Gasteiger partial charge in [-0.1, -0.05) is 29.8 Å². The number of hydrogen-bond acceptors (Lipinski definition) is 6. The molecule has 7 heteroatoms. The first-order valence-corrected chi connectivity index (χ1v) is 7.84. The first-order chi connectivity index (χ1) is 11.6. The maximum absolute atomic E-state index is 10.6. The van der Waals surface area contributed by atoms with Crippen LogP contribution in [-0.4, -0.2) is 9.91 Å². The lowest BCUT2D eigenvalue weighted by Crippen LogP contribution is -1.83. The zero-order valence-corrected chi connectivity index (χ0v) is 13.4. The Hall–Kier alpha value is -3.24. The molecule has 0 atom stereocenters. The highest BCUT2D eigenvalue weighted by molar-refractivity contribution is 7.11. The summed E-state index contributed by atoms with van der Waals surface area (Å²) in [6.07, 6.45) is 1.45. The Labute approximate surface area is 141 Å². The highest BCUT2D eigenvalue weighted by Crippen LogP contribution is 2.28. The predicted molar refractivity (Wildman–Crippen MR) is 91.1 cm³/mol. The molecule has 3 aromatic rings. The second-order valence-corrected chi connectivity index (χ2v) is 5.86. The lowest BCUT2D eigenvalue weighted by atomic mass is 10.1. The van der Waals surface area contributed by atoms with Gasteiger partial charge in [0.25, 0.3) is 0 Å². The van der Waals surface area contributed by atoms with Gasteiger partial charge in [-0.15, -0.1) is 11.3 Å². The van der Waals surface area contributed by atoms with Gasteiger partial charge in [-0.3, -0.25) is 10.1 Å². The van der Waals surface area contributed by atoms with Gasteiger partial charge < -0.3 is 4.42 Å². The summed E-state index contributed by atoms with van der Waals surface area (Å²) in [5.74, 6) is -0.122. The van der Waals surface area contributed by atoms with Gasteiger partial charge in [0.05, 0.1) is 17.3 Å². The molecular weight excluding hydrogens is 326 g/mol. The summed E-state index contributed by atoms with van der Waals surface area (Å²) >= 11 is 1.34. The Morgan fingerprint density at radius 1 is 1.33 bits per heavy atom. The van der Waals surface area contributed by atoms with Crippen molar-refractivity contribution in [3.63, 3.8) is 0 Å². The maximum Gasteiger partial charge on any atom is 0.433 e. The van der Waals surface area contributed by atoms with E-state index < -0.39 is 4.92 Å². The van der Waals surface area contributed by atoms with E-state index in [1.807, 2.05) is 36.6 Å². The molecule has 0 unspecified atom stereocenters. The monoisotopic (exact) mass is 337 g/mol. The Morgan fingerprint density at radius 2 is 2.08 bits per heavy atom. The fourth-order valence-electron chi connectivity index (χ4n) is 2.06. The van der Waals surface area contributed by atoms with Crippen LogP contribution in [-0.2, 0) is 0 Å². The van der Waals surface area contributed by atoms with Crippen LogP contribution < -0.4 is 0 Å². The number of nitro groups is 1. The number of aryl methyl sites for hydroxylation is 1. The molecule has 0 N–H and O–H groups in total. The number of aromatic nitrogens is 1. The van der Waals surface area contributed by atoms with Gasteiger partial charge in [-0.2, -0.15) is 5.26 Å². The third-order valence-corrected chi connectivity index (χ3v) is 4.16. The fraction of sp³-hybridized carbons (Fsp3) is 0.0588. The summed E-state index contributed by atoms with van der Waals surface area (Å²) in [4.78, 5) is 14.5. The highest BCUT2D eigenvalue weighted by atomic mass is 32.1. The molecule has 0 aliphatic rings. The molecular formula is C17H11N3O3S. The van der Waals surface area contributed by atoms with E-state index in [4.69, 9.17) is 4.42 Å². The molecule has 0 aliphatic carbocycles. The molecule has 0 fully saturated rings. The zero-order valence-electron chi connectivity index (χ0n) is 12.6. The Kier molecular flexibility index (Phi) is 4.22. The number of benzene rings is 1. The summed E-state index contributed by atoms with van der Waals surface area (Å²) in [7, 11) is 0. The van der Waals surface area contributed by atoms with Crippen LogP contribution in [0, 0.1) is 28.4 Å². The molecule has 0 bridgehead atoms. The van der Waals surface area contributed by atoms with Gasteiger partial charge in [-0.25, -0.2) is 4.98 Å². The van der Waals surface area contributed by atoms with Gasteiger partial charge in [0.2, 0.25) is 0 Å². The SMILES string of the molecule is Cc1ccc(-c2csc(/C(C#N)=C/c3ccc([N+](=O)[O-])o3)n2)cc1. The largest absolute Gasteiger partial charge is 0.433 e. The molecule has 0 amide bonds. The molecule has 0 aliphatic heterocycles. The van der Waals surface area contributed by atoms with Gasteiger partial charge in [0.15, 0.2) is 0 Å². The van der Waals surface area contributed by atoms with E-state index in [0.717, 1.165) is 16.8 Å². The van der Waals surface area contributed by atoms with Gasteiger partial charge in [0.1, 0.15) is 21.8 Å². The normalized spacial score (nSPS) is 11.2. The molecule has 0 saturated carbocycles. The molecule has 2 aromatic heterocycles. The van der Waals surface area contributed by atoms with E-state index in [-0.39, 0.29) is 11.6 Å². The summed E-state index contributed by atoms with van der Waals surface area (Å²) in [6.45, 7) is 2.01. The predicted octanol–water partition coefficient (Wildman–Crippen LogP) is 4.68. The van der Waals surface area contributed by atoms with Crippen molar-refractivity contribution < 1.29 is 9.34 Å². The van der Waals surface area contributed by atoms with Crippen molar-refractivity contribution >= 4 is 28.9 Å². The van der Waals surface area contributed by atoms with E-state index in [9.17, 15) is 15.4 Å². The van der Waals surface area contributed by atoms with Crippen molar-refractivity contribution in [1.29, 1.82) is 5.26 Å². The standard InChI is InChI=1S/C17H11N3O3S/c1-11-2-4-12(5-3-11)15-10-24-17(19-15)13(9-18)8-14-6-7-16(23-14)20(21)22/h2-8,10H,1H3/b13-8+. The van der Waals surface area contributed by atoms with Crippen molar-refractivity contribution in [1.82, 2.24) is 4.98 Å². The zero-order chi connectivity index (χ0) is 17.1. The Bertz CT molecular complexity index is 962. The molecule has 24 heavy (non-hydrogen) atoms. The number of rotatable bonds is 4. The molecule has 0 saturated heterocycles. The Morgan fingerprint density at radius 3 is 2.71 bits per heavy atom. The van der Waals surface area contributed by atoms with Crippen LogP contribution in [0.1, 0.15) is 16.3 Å². The molecule has 0 spiro atoms. The van der Waals surface area contributed by atoms with Crippen LogP contribution in [0.4, 0.5) is 5.88 Å². The minimum Gasteiger partial charge on any atom is -0.401 e. The average Bonchev–Trinajstić information content (AvgIpc) is 3.23. The topological polar surface area (TPSA) is 93.0 Å². The van der Waals surface area contributed by atoms with Crippen LogP contribution in [0.3, 0.4) is 0 Å². The van der Waals surface area contributed by atoms with Crippen molar-refractivity contribution in [3.8, 4) is 17.3 Å². The van der Waals surface area contributed by atoms with Crippen molar-refractivity contribution in [2.45, 2.75) is 6.92 Å². The average molecular weight is 337 g/mol. The molecule has 2 heterocycles. The van der Waals surface area contributed by atoms with Gasteiger partial charge in [0, 0.05) is 17.0 Å². The van der Waals surface area contributed by atoms with E-state index in [2.05, 4.69) is 11.1 Å². The number of allylic oxidation sites excluding steroid dienone is 1. The molecule has 1 aromatic carbocycles. The Balaban J connectivity index is 1.91. The van der Waals surface area contributed by atoms with Crippen molar-refractivity contribution in [2.24, 2.45) is 0 Å². The minimum atomic E-state index is -0.623. The maximum atomic E-state index is 10.6. The quantitative estimate of drug-likeness (QED) is 0.391. The minimum absolute atomic E-state index is 0.241. The molecule has 0 radical (unpaired) electrons. The summed E-state index contributed by atoms with van der Waals surface area (Å²) < 4.78 is 5.05. The van der Waals surface area contributed by atoms with Crippen molar-refractivity contribution in [3.05, 3.63) is 68.2 Å². The lowest BCUT2D eigenvalue weighted by molar-refractivity contribution is -0.402. The van der Waals surface area contributed by atoms with Crippen LogP contribution >= 0.6 is 11.3 Å². The van der Waals surface area contributed by atoms with Gasteiger partial charge >= 0.3 is 5.88 Å². The second-order valence-electron chi connectivity index (χ2n) is 5.01. The molecule has 118 valence electrons. The summed E-state index contributed by atoms with van der Waals surface area (Å²) in [5, 5.41) is 22.4. The van der Waals surface area contributed by atoms with Crippen LogP contribution in [0.25, 0.3) is 22.9 Å². The second kappa shape index (κ2) is 6.48. The summed E-state index contributed by atoms with van der Waals surface area (Å²) in [6, 6.07) is 12.7. The first kappa shape index (κ1) is 15.6. The highest BCUT2D eigenvalue weighted by Gasteiger charge is 2.13. The number of furan rings is 1.